The van der Waals surface area contributed by atoms with E-state index in [9.17, 15) is 4.79 Å². The first kappa shape index (κ1) is 13.6. The van der Waals surface area contributed by atoms with E-state index in [2.05, 4.69) is 15.3 Å². The normalized spacial score (nSPS) is 15.0. The van der Waals surface area contributed by atoms with Crippen molar-refractivity contribution < 1.29 is 4.79 Å². The minimum Gasteiger partial charge on any atom is -0.326 e. The number of carbonyl (C=O) groups excluding carboxylic acids is 1. The van der Waals surface area contributed by atoms with Crippen LogP contribution in [0.4, 0.5) is 5.82 Å². The van der Waals surface area contributed by atoms with Gasteiger partial charge in [-0.1, -0.05) is 18.2 Å². The van der Waals surface area contributed by atoms with Gasteiger partial charge >= 0.3 is 0 Å². The van der Waals surface area contributed by atoms with E-state index < -0.39 is 0 Å². The van der Waals surface area contributed by atoms with Crippen LogP contribution in [-0.2, 0) is 11.3 Å². The van der Waals surface area contributed by atoms with Gasteiger partial charge in [0.15, 0.2) is 0 Å². The predicted octanol–water partition coefficient (Wildman–Crippen LogP) is 2.58. The Morgan fingerprint density at radius 3 is 2.78 bits per heavy atom. The number of benzene rings is 1. The zero-order chi connectivity index (χ0) is 15.8. The number of carbonyl (C=O) groups is 1. The van der Waals surface area contributed by atoms with Gasteiger partial charge in [0.25, 0.3) is 5.91 Å². The molecule has 23 heavy (non-hydrogen) atoms. The van der Waals surface area contributed by atoms with Crippen molar-refractivity contribution in [3.63, 3.8) is 0 Å². The molecule has 0 spiro atoms. The van der Waals surface area contributed by atoms with Crippen LogP contribution in [0.25, 0.3) is 22.6 Å². The molecule has 1 aliphatic heterocycles. The van der Waals surface area contributed by atoms with Crippen LogP contribution in [0.5, 0.6) is 0 Å². The van der Waals surface area contributed by atoms with Crippen LogP contribution >= 0.6 is 0 Å². The van der Waals surface area contributed by atoms with E-state index in [1.807, 2.05) is 42.5 Å². The number of pyridine rings is 2. The lowest BCUT2D eigenvalue weighted by Gasteiger charge is -2.07. The summed E-state index contributed by atoms with van der Waals surface area (Å²) in [6, 6.07) is 11.5. The van der Waals surface area contributed by atoms with Gasteiger partial charge in [-0.3, -0.25) is 9.78 Å². The summed E-state index contributed by atoms with van der Waals surface area (Å²) in [6.45, 7) is 0.428. The van der Waals surface area contributed by atoms with E-state index in [1.165, 1.54) is 0 Å². The molecule has 3 N–H and O–H groups in total. The van der Waals surface area contributed by atoms with Crippen LogP contribution in [0.3, 0.4) is 0 Å². The summed E-state index contributed by atoms with van der Waals surface area (Å²) in [7, 11) is 0. The van der Waals surface area contributed by atoms with Crippen molar-refractivity contribution in [2.75, 3.05) is 5.32 Å². The molecule has 1 aromatic carbocycles. The standard InChI is InChI=1S/C18H14N4O/c19-10-12-6-5-11(13-3-1-7-20-16(12)13)9-15-14-4-2-8-21-17(14)22-18(15)23/h1-9H,10,19H2,(H,21,22,23). The molecule has 0 bridgehead atoms. The first-order chi connectivity index (χ1) is 11.3. The van der Waals surface area contributed by atoms with Crippen molar-refractivity contribution in [3.8, 4) is 0 Å². The molecule has 1 aliphatic rings. The zero-order valence-corrected chi connectivity index (χ0v) is 12.3. The van der Waals surface area contributed by atoms with E-state index in [0.717, 1.165) is 27.6 Å². The van der Waals surface area contributed by atoms with E-state index >= 15 is 0 Å². The topological polar surface area (TPSA) is 80.9 Å². The summed E-state index contributed by atoms with van der Waals surface area (Å²) in [6.07, 6.45) is 5.30. The van der Waals surface area contributed by atoms with Crippen molar-refractivity contribution in [2.45, 2.75) is 6.54 Å². The Kier molecular flexibility index (Phi) is 3.13. The fraction of sp³-hybridized carbons (Fsp3) is 0.0556. The number of anilines is 1. The fourth-order valence-corrected chi connectivity index (χ4v) is 2.86. The van der Waals surface area contributed by atoms with E-state index in [-0.39, 0.29) is 5.91 Å². The van der Waals surface area contributed by atoms with Crippen LogP contribution in [-0.4, -0.2) is 15.9 Å². The second-order valence-corrected chi connectivity index (χ2v) is 5.33. The largest absolute Gasteiger partial charge is 0.326 e. The maximum absolute atomic E-state index is 12.2. The molecule has 0 unspecified atom stereocenters. The van der Waals surface area contributed by atoms with Gasteiger partial charge in [-0.25, -0.2) is 4.98 Å². The molecule has 5 nitrogen and oxygen atoms in total. The monoisotopic (exact) mass is 302 g/mol. The van der Waals surface area contributed by atoms with Gasteiger partial charge < -0.3 is 11.1 Å². The summed E-state index contributed by atoms with van der Waals surface area (Å²) < 4.78 is 0. The van der Waals surface area contributed by atoms with Gasteiger partial charge in [-0.2, -0.15) is 0 Å². The molecule has 5 heteroatoms. The average Bonchev–Trinajstić information content (AvgIpc) is 2.91. The highest BCUT2D eigenvalue weighted by atomic mass is 16.2. The Morgan fingerprint density at radius 2 is 1.91 bits per heavy atom. The fourth-order valence-electron chi connectivity index (χ4n) is 2.86. The molecule has 4 rings (SSSR count). The predicted molar refractivity (Wildman–Crippen MR) is 90.4 cm³/mol. The molecule has 3 aromatic rings. The number of nitrogens with zero attached hydrogens (tertiary/aromatic N) is 2. The smallest absolute Gasteiger partial charge is 0.257 e. The van der Waals surface area contributed by atoms with E-state index in [0.29, 0.717) is 17.9 Å². The number of aromatic nitrogens is 2. The number of amides is 1. The SMILES string of the molecule is NCc1ccc(C=C2C(=O)Nc3ncccc32)c2cccnc12. The summed E-state index contributed by atoms with van der Waals surface area (Å²) in [5.74, 6) is 0.461. The number of rotatable bonds is 2. The quantitative estimate of drug-likeness (QED) is 0.713. The van der Waals surface area contributed by atoms with Crippen LogP contribution < -0.4 is 11.1 Å². The third-order valence-electron chi connectivity index (χ3n) is 3.98. The molecular weight excluding hydrogens is 288 g/mol. The lowest BCUT2D eigenvalue weighted by atomic mass is 10.00. The lowest BCUT2D eigenvalue weighted by molar-refractivity contribution is -0.110. The second kappa shape index (κ2) is 5.30. The first-order valence-electron chi connectivity index (χ1n) is 7.33. The molecule has 1 amide bonds. The first-order valence-corrected chi connectivity index (χ1v) is 7.33. The van der Waals surface area contributed by atoms with E-state index in [4.69, 9.17) is 5.73 Å². The highest BCUT2D eigenvalue weighted by Crippen LogP contribution is 2.32. The van der Waals surface area contributed by atoms with Gasteiger partial charge in [-0.05, 0) is 35.4 Å². The summed E-state index contributed by atoms with van der Waals surface area (Å²) in [4.78, 5) is 20.9. The second-order valence-electron chi connectivity index (χ2n) is 5.33. The Balaban J connectivity index is 1.93. The molecule has 0 atom stereocenters. The molecule has 0 saturated carbocycles. The Hall–Kier alpha value is -3.05. The molecule has 3 heterocycles. The molecule has 112 valence electrons. The number of nitrogens with two attached hydrogens (primary N) is 1. The third-order valence-corrected chi connectivity index (χ3v) is 3.98. The van der Waals surface area contributed by atoms with Crippen LogP contribution in [0.2, 0.25) is 0 Å². The average molecular weight is 302 g/mol. The van der Waals surface area contributed by atoms with E-state index in [1.54, 1.807) is 12.4 Å². The van der Waals surface area contributed by atoms with Gasteiger partial charge in [0, 0.05) is 29.9 Å². The van der Waals surface area contributed by atoms with Crippen molar-refractivity contribution in [1.82, 2.24) is 9.97 Å². The van der Waals surface area contributed by atoms with Gasteiger partial charge in [-0.15, -0.1) is 0 Å². The third kappa shape index (κ3) is 2.18. The Labute approximate surface area is 132 Å². The minimum absolute atomic E-state index is 0.140. The van der Waals surface area contributed by atoms with Crippen molar-refractivity contribution in [3.05, 3.63) is 65.5 Å². The highest BCUT2D eigenvalue weighted by molar-refractivity contribution is 6.34. The van der Waals surface area contributed by atoms with Gasteiger partial charge in [0.05, 0.1) is 11.1 Å². The Bertz CT molecular complexity index is 962. The number of hydrogen-bond donors (Lipinski definition) is 2. The maximum atomic E-state index is 12.2. The number of nitrogens with one attached hydrogen (secondary N) is 1. The lowest BCUT2D eigenvalue weighted by Crippen LogP contribution is -2.04. The zero-order valence-electron chi connectivity index (χ0n) is 12.3. The number of hydrogen-bond acceptors (Lipinski definition) is 4. The number of fused-ring (bicyclic) bond motifs is 2. The van der Waals surface area contributed by atoms with Crippen molar-refractivity contribution in [2.24, 2.45) is 5.73 Å². The van der Waals surface area contributed by atoms with Crippen LogP contribution in [0.1, 0.15) is 16.7 Å². The summed E-state index contributed by atoms with van der Waals surface area (Å²) in [5, 5.41) is 3.76. The minimum atomic E-state index is -0.140. The summed E-state index contributed by atoms with van der Waals surface area (Å²) in [5.41, 5.74) is 10.0. The molecule has 2 aromatic heterocycles. The highest BCUT2D eigenvalue weighted by Gasteiger charge is 2.24. The molecule has 0 radical (unpaired) electrons. The van der Waals surface area contributed by atoms with Crippen molar-refractivity contribution in [1.29, 1.82) is 0 Å². The summed E-state index contributed by atoms with van der Waals surface area (Å²) >= 11 is 0. The molecule has 0 aliphatic carbocycles. The molecule has 0 saturated heterocycles. The van der Waals surface area contributed by atoms with Crippen molar-refractivity contribution >= 4 is 34.3 Å². The Morgan fingerprint density at radius 1 is 1.09 bits per heavy atom. The molecular formula is C18H14N4O. The van der Waals surface area contributed by atoms with Gasteiger partial charge in [0.2, 0.25) is 0 Å². The maximum Gasteiger partial charge on any atom is 0.257 e. The van der Waals surface area contributed by atoms with Crippen LogP contribution in [0, 0.1) is 0 Å². The van der Waals surface area contributed by atoms with Gasteiger partial charge in [0.1, 0.15) is 5.82 Å². The molecule has 0 fully saturated rings. The van der Waals surface area contributed by atoms with Crippen LogP contribution in [0.15, 0.2) is 48.8 Å².